The number of aromatic nitrogens is 3. The quantitative estimate of drug-likeness (QED) is 0.701. The van der Waals surface area contributed by atoms with Crippen molar-refractivity contribution in [1.29, 1.82) is 0 Å². The molecule has 0 aliphatic rings. The molecular weight excluding hydrogens is 202 g/mol. The van der Waals surface area contributed by atoms with Gasteiger partial charge >= 0.3 is 0 Å². The van der Waals surface area contributed by atoms with Crippen molar-refractivity contribution in [3.05, 3.63) is 24.5 Å². The molecule has 0 fully saturated rings. The minimum absolute atomic E-state index is 0.761. The summed E-state index contributed by atoms with van der Waals surface area (Å²) in [6.45, 7) is 2.97. The summed E-state index contributed by atoms with van der Waals surface area (Å²) in [7, 11) is 0. The number of rotatable bonds is 6. The first-order chi connectivity index (χ1) is 7.92. The Bertz CT molecular complexity index is 439. The lowest BCUT2D eigenvalue weighted by molar-refractivity contribution is 0.290. The van der Waals surface area contributed by atoms with Crippen LogP contribution in [0.1, 0.15) is 32.6 Å². The van der Waals surface area contributed by atoms with Gasteiger partial charge in [0, 0.05) is 0 Å². The third kappa shape index (κ3) is 2.51. The van der Waals surface area contributed by atoms with E-state index in [0.717, 1.165) is 24.6 Å². The molecule has 16 heavy (non-hydrogen) atoms. The molecule has 0 unspecified atom stereocenters. The van der Waals surface area contributed by atoms with Gasteiger partial charge in [0.15, 0.2) is 5.65 Å². The van der Waals surface area contributed by atoms with Gasteiger partial charge in [-0.05, 0) is 18.6 Å². The van der Waals surface area contributed by atoms with Crippen LogP contribution in [0.4, 0.5) is 0 Å². The van der Waals surface area contributed by atoms with Gasteiger partial charge in [-0.1, -0.05) is 32.3 Å². The first-order valence-electron chi connectivity index (χ1n) is 5.83. The lowest BCUT2D eigenvalue weighted by atomic mass is 10.2. The first kappa shape index (κ1) is 10.9. The minimum Gasteiger partial charge on any atom is -0.479 e. The summed E-state index contributed by atoms with van der Waals surface area (Å²) in [4.78, 5) is 0. The van der Waals surface area contributed by atoms with Crippen molar-refractivity contribution in [2.75, 3.05) is 6.61 Å². The second-order valence-corrected chi connectivity index (χ2v) is 3.83. The molecule has 4 heteroatoms. The minimum atomic E-state index is 0.761. The summed E-state index contributed by atoms with van der Waals surface area (Å²) in [5.74, 6) is 0.819. The molecule has 0 saturated carbocycles. The van der Waals surface area contributed by atoms with E-state index >= 15 is 0 Å². The standard InChI is InChI=1S/C12H17N3O/c1-2-3-4-5-9-16-12-8-6-7-11-14-13-10-15(11)12/h6-8,10H,2-5,9H2,1H3. The van der Waals surface area contributed by atoms with Crippen LogP contribution in [0.5, 0.6) is 5.88 Å². The number of hydrogen-bond donors (Lipinski definition) is 0. The van der Waals surface area contributed by atoms with Crippen molar-refractivity contribution in [1.82, 2.24) is 14.6 Å². The Labute approximate surface area is 95.3 Å². The van der Waals surface area contributed by atoms with Crippen LogP contribution in [-0.2, 0) is 0 Å². The lowest BCUT2D eigenvalue weighted by Crippen LogP contribution is -2.01. The third-order valence-corrected chi connectivity index (χ3v) is 2.54. The highest BCUT2D eigenvalue weighted by atomic mass is 16.5. The second-order valence-electron chi connectivity index (χ2n) is 3.83. The maximum Gasteiger partial charge on any atom is 0.200 e. The highest BCUT2D eigenvalue weighted by Crippen LogP contribution is 2.13. The molecule has 0 saturated heterocycles. The molecule has 2 rings (SSSR count). The Morgan fingerprint density at radius 1 is 1.25 bits per heavy atom. The fraction of sp³-hybridized carbons (Fsp3) is 0.500. The van der Waals surface area contributed by atoms with Crippen LogP contribution in [0.2, 0.25) is 0 Å². The van der Waals surface area contributed by atoms with Gasteiger partial charge in [0.2, 0.25) is 5.88 Å². The zero-order chi connectivity index (χ0) is 11.2. The monoisotopic (exact) mass is 219 g/mol. The Morgan fingerprint density at radius 3 is 3.06 bits per heavy atom. The number of pyridine rings is 1. The summed E-state index contributed by atoms with van der Waals surface area (Å²) >= 11 is 0. The van der Waals surface area contributed by atoms with E-state index in [1.54, 1.807) is 6.33 Å². The lowest BCUT2D eigenvalue weighted by Gasteiger charge is -2.07. The van der Waals surface area contributed by atoms with Crippen molar-refractivity contribution < 1.29 is 4.74 Å². The van der Waals surface area contributed by atoms with Crippen LogP contribution in [-0.4, -0.2) is 21.2 Å². The van der Waals surface area contributed by atoms with Crippen molar-refractivity contribution in [3.63, 3.8) is 0 Å². The average molecular weight is 219 g/mol. The van der Waals surface area contributed by atoms with Gasteiger partial charge < -0.3 is 4.74 Å². The number of fused-ring (bicyclic) bond motifs is 1. The smallest absolute Gasteiger partial charge is 0.200 e. The van der Waals surface area contributed by atoms with Gasteiger partial charge in [-0.25, -0.2) is 0 Å². The Kier molecular flexibility index (Phi) is 3.75. The molecule has 86 valence electrons. The highest BCUT2D eigenvalue weighted by Gasteiger charge is 2.01. The van der Waals surface area contributed by atoms with Crippen molar-refractivity contribution in [2.45, 2.75) is 32.6 Å². The van der Waals surface area contributed by atoms with E-state index < -0.39 is 0 Å². The molecular formula is C12H17N3O. The van der Waals surface area contributed by atoms with Crippen LogP contribution in [0.15, 0.2) is 24.5 Å². The molecule has 0 aromatic carbocycles. The Morgan fingerprint density at radius 2 is 2.19 bits per heavy atom. The summed E-state index contributed by atoms with van der Waals surface area (Å²) in [5, 5.41) is 7.82. The van der Waals surface area contributed by atoms with E-state index in [0.29, 0.717) is 0 Å². The molecule has 2 aromatic heterocycles. The first-order valence-corrected chi connectivity index (χ1v) is 5.83. The Hall–Kier alpha value is -1.58. The number of unbranched alkanes of at least 4 members (excludes halogenated alkanes) is 3. The molecule has 4 nitrogen and oxygen atoms in total. The van der Waals surface area contributed by atoms with E-state index in [1.165, 1.54) is 19.3 Å². The number of ether oxygens (including phenoxy) is 1. The predicted molar refractivity (Wildman–Crippen MR) is 62.6 cm³/mol. The van der Waals surface area contributed by atoms with Crippen molar-refractivity contribution in [2.24, 2.45) is 0 Å². The van der Waals surface area contributed by atoms with E-state index in [2.05, 4.69) is 17.1 Å². The molecule has 0 aliphatic heterocycles. The fourth-order valence-corrected chi connectivity index (χ4v) is 1.65. The molecule has 0 atom stereocenters. The largest absolute Gasteiger partial charge is 0.479 e. The van der Waals surface area contributed by atoms with Crippen molar-refractivity contribution >= 4 is 5.65 Å². The van der Waals surface area contributed by atoms with Gasteiger partial charge in [-0.15, -0.1) is 10.2 Å². The molecule has 0 bridgehead atoms. The van der Waals surface area contributed by atoms with E-state index in [9.17, 15) is 0 Å². The van der Waals surface area contributed by atoms with Crippen LogP contribution >= 0.6 is 0 Å². The number of nitrogens with zero attached hydrogens (tertiary/aromatic N) is 3. The van der Waals surface area contributed by atoms with E-state index in [1.807, 2.05) is 22.6 Å². The maximum absolute atomic E-state index is 5.71. The van der Waals surface area contributed by atoms with Crippen LogP contribution in [0, 0.1) is 0 Å². The summed E-state index contributed by atoms with van der Waals surface area (Å²) in [6, 6.07) is 5.79. The van der Waals surface area contributed by atoms with E-state index in [-0.39, 0.29) is 0 Å². The van der Waals surface area contributed by atoms with Crippen molar-refractivity contribution in [3.8, 4) is 5.88 Å². The fourth-order valence-electron chi connectivity index (χ4n) is 1.65. The molecule has 2 heterocycles. The molecule has 2 aromatic rings. The third-order valence-electron chi connectivity index (χ3n) is 2.54. The summed E-state index contributed by atoms with van der Waals surface area (Å²) in [6.07, 6.45) is 6.54. The summed E-state index contributed by atoms with van der Waals surface area (Å²) in [5.41, 5.74) is 0.825. The molecule has 0 amide bonds. The van der Waals surface area contributed by atoms with Gasteiger partial charge in [0.05, 0.1) is 6.61 Å². The maximum atomic E-state index is 5.71. The zero-order valence-corrected chi connectivity index (χ0v) is 9.59. The molecule has 0 aliphatic carbocycles. The molecule has 0 spiro atoms. The summed E-state index contributed by atoms with van der Waals surface area (Å²) < 4.78 is 7.57. The second kappa shape index (κ2) is 5.49. The SMILES string of the molecule is CCCCCCOc1cccc2nncn12. The van der Waals surface area contributed by atoms with E-state index in [4.69, 9.17) is 4.74 Å². The predicted octanol–water partition coefficient (Wildman–Crippen LogP) is 2.69. The van der Waals surface area contributed by atoms with Gasteiger partial charge in [-0.2, -0.15) is 0 Å². The van der Waals surface area contributed by atoms with Crippen LogP contribution < -0.4 is 4.74 Å². The number of hydrogen-bond acceptors (Lipinski definition) is 3. The highest BCUT2D eigenvalue weighted by molar-refractivity contribution is 5.39. The normalized spacial score (nSPS) is 10.8. The topological polar surface area (TPSA) is 39.4 Å². The average Bonchev–Trinajstić information content (AvgIpc) is 2.77. The Balaban J connectivity index is 1.91. The van der Waals surface area contributed by atoms with Gasteiger partial charge in [0.25, 0.3) is 0 Å². The molecule has 0 N–H and O–H groups in total. The molecule has 0 radical (unpaired) electrons. The van der Waals surface area contributed by atoms with Crippen LogP contribution in [0.3, 0.4) is 0 Å². The van der Waals surface area contributed by atoms with Crippen LogP contribution in [0.25, 0.3) is 5.65 Å². The zero-order valence-electron chi connectivity index (χ0n) is 9.59. The van der Waals surface area contributed by atoms with Gasteiger partial charge in [0.1, 0.15) is 6.33 Å². The van der Waals surface area contributed by atoms with Gasteiger partial charge in [-0.3, -0.25) is 4.40 Å².